The fourth-order valence-electron chi connectivity index (χ4n) is 0.707. The first-order chi connectivity index (χ1) is 6.24. The van der Waals surface area contributed by atoms with E-state index in [0.717, 1.165) is 0 Å². The smallest absolute Gasteiger partial charge is 0.404 e. The molecule has 6 nitrogen and oxygen atoms in total. The van der Waals surface area contributed by atoms with Crippen LogP contribution in [0.2, 0.25) is 0 Å². The summed E-state index contributed by atoms with van der Waals surface area (Å²) in [5.74, 6) is 0.153. The van der Waals surface area contributed by atoms with E-state index in [4.69, 9.17) is 4.42 Å². The number of halogens is 1. The summed E-state index contributed by atoms with van der Waals surface area (Å²) in [6.45, 7) is 0.222. The van der Waals surface area contributed by atoms with Crippen molar-refractivity contribution in [2.24, 2.45) is 10.2 Å². The lowest BCUT2D eigenvalue weighted by atomic mass is 10.5. The van der Waals surface area contributed by atoms with Crippen molar-refractivity contribution in [2.45, 2.75) is 6.54 Å². The summed E-state index contributed by atoms with van der Waals surface area (Å²) in [5, 5.41) is 17.5. The zero-order valence-corrected chi connectivity index (χ0v) is 8.10. The van der Waals surface area contributed by atoms with Crippen molar-refractivity contribution in [1.82, 2.24) is 0 Å². The second kappa shape index (κ2) is 4.70. The highest BCUT2D eigenvalue weighted by molar-refractivity contribution is 9.09. The highest BCUT2D eigenvalue weighted by Gasteiger charge is 2.10. The molecule has 0 amide bonds. The van der Waals surface area contributed by atoms with Crippen molar-refractivity contribution in [3.63, 3.8) is 0 Å². The fraction of sp³-hybridized carbons (Fsp3) is 0.333. The van der Waals surface area contributed by atoms with Gasteiger partial charge < -0.3 is 4.42 Å². The van der Waals surface area contributed by atoms with Gasteiger partial charge in [-0.3, -0.25) is 10.1 Å². The molecule has 1 aromatic rings. The third-order valence-electron chi connectivity index (χ3n) is 1.21. The molecular weight excluding hydrogens is 242 g/mol. The maximum Gasteiger partial charge on any atom is 0.433 e. The summed E-state index contributed by atoms with van der Waals surface area (Å²) in [4.78, 5) is 9.60. The average Bonchev–Trinajstić information content (AvgIpc) is 2.53. The van der Waals surface area contributed by atoms with Gasteiger partial charge >= 0.3 is 5.88 Å². The van der Waals surface area contributed by atoms with Gasteiger partial charge in [0.05, 0.1) is 6.07 Å². The zero-order chi connectivity index (χ0) is 9.68. The van der Waals surface area contributed by atoms with Gasteiger partial charge in [-0.15, -0.1) is 0 Å². The third kappa shape index (κ3) is 2.94. The van der Waals surface area contributed by atoms with E-state index in [-0.39, 0.29) is 12.4 Å². The number of rotatable bonds is 4. The first-order valence-electron chi connectivity index (χ1n) is 3.36. The molecule has 0 saturated carbocycles. The summed E-state index contributed by atoms with van der Waals surface area (Å²) in [6, 6.07) is 2.80. The Hall–Kier alpha value is -1.24. The molecule has 7 heteroatoms. The molecule has 0 radical (unpaired) electrons. The van der Waals surface area contributed by atoms with Crippen LogP contribution in [-0.4, -0.2) is 10.4 Å². The van der Waals surface area contributed by atoms with E-state index in [9.17, 15) is 10.1 Å². The van der Waals surface area contributed by atoms with Crippen molar-refractivity contribution < 1.29 is 9.34 Å². The Morgan fingerprint density at radius 1 is 1.54 bits per heavy atom. The topological polar surface area (TPSA) is 81.0 Å². The molecule has 1 rings (SSSR count). The zero-order valence-electron chi connectivity index (χ0n) is 6.51. The molecule has 0 aromatic carbocycles. The van der Waals surface area contributed by atoms with Gasteiger partial charge in [0, 0.05) is 0 Å². The Kier molecular flexibility index (Phi) is 3.56. The Balaban J connectivity index is 2.59. The number of hydrogen-bond acceptors (Lipinski definition) is 5. The Bertz CT molecular complexity index is 323. The van der Waals surface area contributed by atoms with Crippen LogP contribution in [0, 0.1) is 10.1 Å². The van der Waals surface area contributed by atoms with Crippen molar-refractivity contribution in [3.8, 4) is 0 Å². The van der Waals surface area contributed by atoms with Gasteiger partial charge in [-0.05, 0) is 6.07 Å². The van der Waals surface area contributed by atoms with Crippen LogP contribution in [0.5, 0.6) is 0 Å². The highest BCUT2D eigenvalue weighted by atomic mass is 79.9. The quantitative estimate of drug-likeness (QED) is 0.270. The molecule has 0 N–H and O–H groups in total. The fourth-order valence-corrected chi connectivity index (χ4v) is 0.866. The summed E-state index contributed by atoms with van der Waals surface area (Å²) < 4.78 is 4.82. The van der Waals surface area contributed by atoms with Crippen LogP contribution in [-0.2, 0) is 6.54 Å². The van der Waals surface area contributed by atoms with Crippen molar-refractivity contribution in [1.29, 1.82) is 0 Å². The van der Waals surface area contributed by atoms with Crippen LogP contribution in [0.25, 0.3) is 0 Å². The van der Waals surface area contributed by atoms with E-state index in [1.165, 1.54) is 12.1 Å². The van der Waals surface area contributed by atoms with Gasteiger partial charge in [0.25, 0.3) is 0 Å². The van der Waals surface area contributed by atoms with Crippen molar-refractivity contribution >= 4 is 21.8 Å². The van der Waals surface area contributed by atoms with Crippen molar-refractivity contribution in [3.05, 3.63) is 28.0 Å². The predicted molar refractivity (Wildman–Crippen MR) is 47.7 cm³/mol. The largest absolute Gasteiger partial charge is 0.433 e. The van der Waals surface area contributed by atoms with Crippen LogP contribution in [0.4, 0.5) is 5.88 Å². The molecule has 0 saturated heterocycles. The number of hydrogen-bond donors (Lipinski definition) is 0. The minimum atomic E-state index is -0.592. The molecule has 13 heavy (non-hydrogen) atoms. The van der Waals surface area contributed by atoms with Crippen LogP contribution in [0.15, 0.2) is 26.8 Å². The van der Waals surface area contributed by atoms with Crippen LogP contribution in [0.1, 0.15) is 5.76 Å². The Morgan fingerprint density at radius 3 is 2.85 bits per heavy atom. The minimum Gasteiger partial charge on any atom is -0.404 e. The first-order valence-corrected chi connectivity index (χ1v) is 4.48. The van der Waals surface area contributed by atoms with E-state index < -0.39 is 4.92 Å². The lowest BCUT2D eigenvalue weighted by Crippen LogP contribution is -1.83. The monoisotopic (exact) mass is 247 g/mol. The van der Waals surface area contributed by atoms with E-state index in [2.05, 4.69) is 26.2 Å². The second-order valence-electron chi connectivity index (χ2n) is 2.06. The summed E-state index contributed by atoms with van der Waals surface area (Å²) >= 11 is 3.05. The number of nitrogens with zero attached hydrogens (tertiary/aromatic N) is 3. The normalized spacial score (nSPS) is 10.8. The highest BCUT2D eigenvalue weighted by Crippen LogP contribution is 2.16. The van der Waals surface area contributed by atoms with E-state index >= 15 is 0 Å². The molecule has 1 heterocycles. The van der Waals surface area contributed by atoms with E-state index in [1.54, 1.807) is 0 Å². The third-order valence-corrected chi connectivity index (χ3v) is 1.43. The van der Waals surface area contributed by atoms with E-state index in [0.29, 0.717) is 11.2 Å². The number of nitro groups is 1. The first kappa shape index (κ1) is 9.85. The van der Waals surface area contributed by atoms with Gasteiger partial charge in [0.15, 0.2) is 0 Å². The average molecular weight is 248 g/mol. The summed E-state index contributed by atoms with van der Waals surface area (Å²) in [7, 11) is 0. The van der Waals surface area contributed by atoms with Crippen LogP contribution < -0.4 is 0 Å². The molecule has 1 aromatic heterocycles. The van der Waals surface area contributed by atoms with Gasteiger partial charge in [-0.1, -0.05) is 15.9 Å². The Labute approximate surface area is 81.9 Å². The molecule has 0 bridgehead atoms. The second-order valence-corrected chi connectivity index (χ2v) is 2.56. The number of alkyl halides is 1. The molecule has 0 aliphatic heterocycles. The molecule has 0 fully saturated rings. The molecule has 0 atom stereocenters. The molecule has 0 spiro atoms. The molecule has 70 valence electrons. The van der Waals surface area contributed by atoms with Gasteiger partial charge in [0.2, 0.25) is 0 Å². The van der Waals surface area contributed by atoms with Gasteiger partial charge in [-0.2, -0.15) is 10.2 Å². The molecular formula is C6H6BrN3O3. The lowest BCUT2D eigenvalue weighted by Gasteiger charge is -1.85. The lowest BCUT2D eigenvalue weighted by molar-refractivity contribution is -0.402. The molecule has 0 aliphatic rings. The van der Waals surface area contributed by atoms with Crippen LogP contribution >= 0.6 is 15.9 Å². The minimum absolute atomic E-state index is 0.222. The SMILES string of the molecule is O=[N+]([O-])c1ccc(CN=NCBr)o1. The van der Waals surface area contributed by atoms with E-state index in [1.807, 2.05) is 0 Å². The number of furan rings is 1. The Morgan fingerprint density at radius 2 is 2.31 bits per heavy atom. The molecule has 0 aliphatic carbocycles. The summed E-state index contributed by atoms with van der Waals surface area (Å²) in [5.41, 5.74) is 0.413. The maximum absolute atomic E-state index is 10.2. The van der Waals surface area contributed by atoms with Gasteiger partial charge in [0.1, 0.15) is 22.7 Å². The predicted octanol–water partition coefficient (Wildman–Crippen LogP) is 2.49. The van der Waals surface area contributed by atoms with Gasteiger partial charge in [-0.25, -0.2) is 0 Å². The molecule has 0 unspecified atom stereocenters. The van der Waals surface area contributed by atoms with Crippen molar-refractivity contribution in [2.75, 3.05) is 5.45 Å². The summed E-state index contributed by atoms with van der Waals surface area (Å²) in [6.07, 6.45) is 0. The maximum atomic E-state index is 10.2. The number of azo groups is 1. The van der Waals surface area contributed by atoms with Crippen LogP contribution in [0.3, 0.4) is 0 Å². The standard InChI is InChI=1S/C6H6BrN3O3/c7-4-9-8-3-5-1-2-6(13-5)10(11)12/h1-2H,3-4H2.